The summed E-state index contributed by atoms with van der Waals surface area (Å²) in [5.41, 5.74) is -1.28. The second-order valence-corrected chi connectivity index (χ2v) is 8.34. The highest BCUT2D eigenvalue weighted by atomic mass is 35.5. The third-order valence-electron chi connectivity index (χ3n) is 3.25. The Bertz CT molecular complexity index is 763. The standard InChI is InChI=1S/C15H21F2N3O4S.ClH/c1-15(2,3)20-25(22,23)13-7-11(9(16)6-10(13)17)19-14(21)12-8-24-5-4-18-12;/h6-7,12,18,20H,4-5,8H2,1-3H3,(H,19,21);1H. The zero-order chi connectivity index (χ0) is 18.8. The van der Waals surface area contributed by atoms with Crippen LogP contribution in [-0.4, -0.2) is 45.7 Å². The zero-order valence-electron chi connectivity index (χ0n) is 14.6. The SMILES string of the molecule is CC(C)(C)NS(=O)(=O)c1cc(NC(=O)C2COCCN2)c(F)cc1F.Cl. The number of hydrogen-bond donors (Lipinski definition) is 3. The summed E-state index contributed by atoms with van der Waals surface area (Å²) in [5.74, 6) is -2.92. The second-order valence-electron chi connectivity index (χ2n) is 6.69. The summed E-state index contributed by atoms with van der Waals surface area (Å²) in [6, 6.07) is 0.490. The summed E-state index contributed by atoms with van der Waals surface area (Å²) in [5, 5.41) is 5.15. The van der Waals surface area contributed by atoms with Crippen molar-refractivity contribution >= 4 is 34.0 Å². The van der Waals surface area contributed by atoms with Crippen molar-refractivity contribution in [3.63, 3.8) is 0 Å². The number of amides is 1. The molecule has 11 heteroatoms. The van der Waals surface area contributed by atoms with E-state index in [0.29, 0.717) is 19.2 Å². The molecule has 1 fully saturated rings. The lowest BCUT2D eigenvalue weighted by molar-refractivity contribution is -0.120. The predicted octanol–water partition coefficient (Wildman–Crippen LogP) is 1.39. The van der Waals surface area contributed by atoms with Crippen LogP contribution in [0.1, 0.15) is 20.8 Å². The quantitative estimate of drug-likeness (QED) is 0.693. The molecule has 0 spiro atoms. The van der Waals surface area contributed by atoms with Crippen LogP contribution in [-0.2, 0) is 19.6 Å². The molecule has 7 nitrogen and oxygen atoms in total. The molecule has 3 N–H and O–H groups in total. The van der Waals surface area contributed by atoms with Gasteiger partial charge in [0.1, 0.15) is 22.6 Å². The average Bonchev–Trinajstić information content (AvgIpc) is 2.48. The van der Waals surface area contributed by atoms with E-state index >= 15 is 0 Å². The number of halogens is 3. The third-order valence-corrected chi connectivity index (χ3v) is 5.02. The molecule has 1 atom stereocenters. The molecule has 0 aliphatic carbocycles. The van der Waals surface area contributed by atoms with Crippen molar-refractivity contribution in [3.8, 4) is 0 Å². The predicted molar refractivity (Wildman–Crippen MR) is 94.9 cm³/mol. The molecule has 1 saturated heterocycles. The smallest absolute Gasteiger partial charge is 0.244 e. The fourth-order valence-electron chi connectivity index (χ4n) is 2.24. The van der Waals surface area contributed by atoms with Gasteiger partial charge in [0, 0.05) is 18.2 Å². The van der Waals surface area contributed by atoms with Crippen LogP contribution >= 0.6 is 12.4 Å². The van der Waals surface area contributed by atoms with Crippen molar-refractivity contribution in [1.82, 2.24) is 10.0 Å². The van der Waals surface area contributed by atoms with Gasteiger partial charge in [0.2, 0.25) is 15.9 Å². The van der Waals surface area contributed by atoms with Crippen LogP contribution in [0.15, 0.2) is 17.0 Å². The molecule has 1 aliphatic rings. The summed E-state index contributed by atoms with van der Waals surface area (Å²) in [6.45, 7) is 5.77. The molecule has 1 amide bonds. The van der Waals surface area contributed by atoms with Crippen LogP contribution in [0.3, 0.4) is 0 Å². The highest BCUT2D eigenvalue weighted by molar-refractivity contribution is 7.89. The van der Waals surface area contributed by atoms with Crippen LogP contribution < -0.4 is 15.4 Å². The van der Waals surface area contributed by atoms with E-state index in [1.165, 1.54) is 0 Å². The van der Waals surface area contributed by atoms with Crippen molar-refractivity contribution in [3.05, 3.63) is 23.8 Å². The molecule has 0 aromatic heterocycles. The Morgan fingerprint density at radius 2 is 1.92 bits per heavy atom. The van der Waals surface area contributed by atoms with Crippen LogP contribution in [0.25, 0.3) is 0 Å². The fraction of sp³-hybridized carbons (Fsp3) is 0.533. The monoisotopic (exact) mass is 413 g/mol. The average molecular weight is 414 g/mol. The maximum atomic E-state index is 14.0. The maximum absolute atomic E-state index is 14.0. The highest BCUT2D eigenvalue weighted by Crippen LogP contribution is 2.24. The summed E-state index contributed by atoms with van der Waals surface area (Å²) in [7, 11) is -4.23. The second kappa shape index (κ2) is 8.57. The molecule has 0 radical (unpaired) electrons. The van der Waals surface area contributed by atoms with E-state index in [2.05, 4.69) is 15.4 Å². The lowest BCUT2D eigenvalue weighted by atomic mass is 10.1. The minimum atomic E-state index is -4.23. The molecule has 1 heterocycles. The molecule has 1 aliphatic heterocycles. The minimum Gasteiger partial charge on any atom is -0.378 e. The van der Waals surface area contributed by atoms with Gasteiger partial charge in [0.25, 0.3) is 0 Å². The highest BCUT2D eigenvalue weighted by Gasteiger charge is 2.28. The Hall–Kier alpha value is -1.33. The van der Waals surface area contributed by atoms with Crippen molar-refractivity contribution in [1.29, 1.82) is 0 Å². The Labute approximate surface area is 157 Å². The topological polar surface area (TPSA) is 96.5 Å². The number of rotatable bonds is 4. The van der Waals surface area contributed by atoms with Crippen LogP contribution in [0.2, 0.25) is 0 Å². The summed E-state index contributed by atoms with van der Waals surface area (Å²) >= 11 is 0. The normalized spacial score (nSPS) is 18.1. The van der Waals surface area contributed by atoms with Gasteiger partial charge in [-0.3, -0.25) is 4.79 Å². The first-order chi connectivity index (χ1) is 11.5. The van der Waals surface area contributed by atoms with Gasteiger partial charge in [0.15, 0.2) is 0 Å². The van der Waals surface area contributed by atoms with Crippen molar-refractivity contribution in [2.45, 2.75) is 37.2 Å². The molecular formula is C15H22ClF2N3O4S. The van der Waals surface area contributed by atoms with E-state index in [9.17, 15) is 22.0 Å². The fourth-order valence-corrected chi connectivity index (χ4v) is 3.75. The molecular weight excluding hydrogens is 392 g/mol. The zero-order valence-corrected chi connectivity index (χ0v) is 16.2. The van der Waals surface area contributed by atoms with Gasteiger partial charge < -0.3 is 15.4 Å². The van der Waals surface area contributed by atoms with E-state index < -0.39 is 49.7 Å². The van der Waals surface area contributed by atoms with Crippen molar-refractivity contribution < 1.29 is 26.7 Å². The van der Waals surface area contributed by atoms with Crippen LogP contribution in [0, 0.1) is 11.6 Å². The Kier molecular flexibility index (Phi) is 7.49. The summed E-state index contributed by atoms with van der Waals surface area (Å²) in [6.07, 6.45) is 0. The van der Waals surface area contributed by atoms with E-state index in [0.717, 1.165) is 6.07 Å². The van der Waals surface area contributed by atoms with Gasteiger partial charge in [-0.25, -0.2) is 21.9 Å². The Morgan fingerprint density at radius 3 is 2.46 bits per heavy atom. The third kappa shape index (κ3) is 5.85. The number of sulfonamides is 1. The lowest BCUT2D eigenvalue weighted by Gasteiger charge is -2.23. The van der Waals surface area contributed by atoms with Crippen molar-refractivity contribution in [2.75, 3.05) is 25.1 Å². The van der Waals surface area contributed by atoms with E-state index in [4.69, 9.17) is 4.74 Å². The number of carbonyl (C=O) groups is 1. The number of carbonyl (C=O) groups excluding carboxylic acids is 1. The summed E-state index contributed by atoms with van der Waals surface area (Å²) in [4.78, 5) is 11.4. The summed E-state index contributed by atoms with van der Waals surface area (Å²) < 4.78 is 60.0. The first-order valence-electron chi connectivity index (χ1n) is 7.64. The van der Waals surface area contributed by atoms with Gasteiger partial charge >= 0.3 is 0 Å². The number of morpholine rings is 1. The molecule has 1 aromatic carbocycles. The maximum Gasteiger partial charge on any atom is 0.244 e. The largest absolute Gasteiger partial charge is 0.378 e. The lowest BCUT2D eigenvalue weighted by Crippen LogP contribution is -2.49. The van der Waals surface area contributed by atoms with Crippen LogP contribution in [0.4, 0.5) is 14.5 Å². The van der Waals surface area contributed by atoms with Gasteiger partial charge in [-0.2, -0.15) is 0 Å². The van der Waals surface area contributed by atoms with Gasteiger partial charge in [-0.1, -0.05) is 0 Å². The molecule has 148 valence electrons. The molecule has 26 heavy (non-hydrogen) atoms. The molecule has 0 saturated carbocycles. The Morgan fingerprint density at radius 1 is 1.27 bits per heavy atom. The molecule has 0 bridgehead atoms. The first kappa shape index (κ1) is 22.7. The van der Waals surface area contributed by atoms with E-state index in [-0.39, 0.29) is 19.0 Å². The van der Waals surface area contributed by atoms with Gasteiger partial charge in [-0.05, 0) is 26.8 Å². The van der Waals surface area contributed by atoms with Gasteiger partial charge in [-0.15, -0.1) is 12.4 Å². The number of ether oxygens (including phenoxy) is 1. The van der Waals surface area contributed by atoms with Gasteiger partial charge in [0.05, 0.1) is 18.9 Å². The molecule has 1 aromatic rings. The van der Waals surface area contributed by atoms with E-state index in [1.807, 2.05) is 0 Å². The Balaban J connectivity index is 0.00000338. The van der Waals surface area contributed by atoms with Crippen LogP contribution in [0.5, 0.6) is 0 Å². The van der Waals surface area contributed by atoms with Crippen molar-refractivity contribution in [2.24, 2.45) is 0 Å². The number of nitrogens with one attached hydrogen (secondary N) is 3. The molecule has 2 rings (SSSR count). The molecule has 1 unspecified atom stereocenters. The van der Waals surface area contributed by atoms with E-state index in [1.54, 1.807) is 20.8 Å². The number of benzene rings is 1. The first-order valence-corrected chi connectivity index (χ1v) is 9.13. The number of hydrogen-bond acceptors (Lipinski definition) is 5. The minimum absolute atomic E-state index is 0. The number of anilines is 1.